The molecule has 0 radical (unpaired) electrons. The molecule has 0 aromatic heterocycles. The molecule has 1 fully saturated rings. The lowest BCUT2D eigenvalue weighted by atomic mass is 10.1. The van der Waals surface area contributed by atoms with Crippen LogP contribution in [0.4, 0.5) is 5.69 Å². The molecule has 1 aromatic rings. The van der Waals surface area contributed by atoms with Crippen molar-refractivity contribution in [3.05, 3.63) is 29.3 Å². The molecule has 21 heavy (non-hydrogen) atoms. The highest BCUT2D eigenvalue weighted by Crippen LogP contribution is 2.21. The minimum Gasteiger partial charge on any atom is -0.395 e. The topological polar surface area (TPSA) is 58.6 Å². The quantitative estimate of drug-likeness (QED) is 0.838. The summed E-state index contributed by atoms with van der Waals surface area (Å²) in [6, 6.07) is 5.70. The summed E-state index contributed by atoms with van der Waals surface area (Å²) in [5.41, 5.74) is 2.60. The molecule has 4 heteroatoms. The second-order valence-corrected chi connectivity index (χ2v) is 5.37. The van der Waals surface area contributed by atoms with Gasteiger partial charge in [0.1, 0.15) is 6.10 Å². The lowest BCUT2D eigenvalue weighted by Gasteiger charge is -2.12. The lowest BCUT2D eigenvalue weighted by Crippen LogP contribution is -2.27. The largest absolute Gasteiger partial charge is 0.395 e. The van der Waals surface area contributed by atoms with Gasteiger partial charge in [0.25, 0.3) is 5.91 Å². The molecule has 0 bridgehead atoms. The molecule has 2 N–H and O–H groups in total. The van der Waals surface area contributed by atoms with Crippen LogP contribution in [0.3, 0.4) is 0 Å². The van der Waals surface area contributed by atoms with Gasteiger partial charge in [-0.1, -0.05) is 11.8 Å². The number of anilines is 1. The van der Waals surface area contributed by atoms with Crippen molar-refractivity contribution in [2.75, 3.05) is 11.9 Å². The molecule has 1 amide bonds. The van der Waals surface area contributed by atoms with Gasteiger partial charge in [-0.25, -0.2) is 0 Å². The number of carbonyl (C=O) groups excluding carboxylic acids is 1. The molecule has 2 rings (SSSR count). The highest BCUT2D eigenvalue weighted by molar-refractivity contribution is 5.94. The van der Waals surface area contributed by atoms with Gasteiger partial charge >= 0.3 is 0 Å². The maximum Gasteiger partial charge on any atom is 0.253 e. The van der Waals surface area contributed by atoms with Crippen LogP contribution < -0.4 is 5.32 Å². The Morgan fingerprint density at radius 2 is 2.24 bits per heavy atom. The molecule has 1 aliphatic rings. The Morgan fingerprint density at radius 1 is 1.43 bits per heavy atom. The molecule has 0 saturated carbocycles. The Morgan fingerprint density at radius 3 is 2.90 bits per heavy atom. The molecule has 1 aromatic carbocycles. The maximum atomic E-state index is 12.1. The fraction of sp³-hybridized carbons (Fsp3) is 0.471. The molecule has 1 aliphatic heterocycles. The van der Waals surface area contributed by atoms with Gasteiger partial charge in [0, 0.05) is 17.7 Å². The van der Waals surface area contributed by atoms with Crippen LogP contribution in [-0.2, 0) is 9.53 Å². The summed E-state index contributed by atoms with van der Waals surface area (Å²) in [4.78, 5) is 12.1. The summed E-state index contributed by atoms with van der Waals surface area (Å²) in [7, 11) is 0. The van der Waals surface area contributed by atoms with E-state index in [1.807, 2.05) is 32.0 Å². The van der Waals surface area contributed by atoms with E-state index in [1.165, 1.54) is 0 Å². The van der Waals surface area contributed by atoms with Gasteiger partial charge in [0.2, 0.25) is 0 Å². The second kappa shape index (κ2) is 7.26. The van der Waals surface area contributed by atoms with Crippen molar-refractivity contribution in [2.24, 2.45) is 0 Å². The van der Waals surface area contributed by atoms with E-state index >= 15 is 0 Å². The molecule has 1 saturated heterocycles. The van der Waals surface area contributed by atoms with E-state index in [-0.39, 0.29) is 24.7 Å². The lowest BCUT2D eigenvalue weighted by molar-refractivity contribution is -0.126. The number of carbonyl (C=O) groups is 1. The minimum atomic E-state index is -0.357. The molecule has 0 spiro atoms. The van der Waals surface area contributed by atoms with Crippen molar-refractivity contribution < 1.29 is 14.6 Å². The second-order valence-electron chi connectivity index (χ2n) is 5.37. The van der Waals surface area contributed by atoms with E-state index in [0.29, 0.717) is 6.42 Å². The fourth-order valence-electron chi connectivity index (χ4n) is 2.37. The van der Waals surface area contributed by atoms with Gasteiger partial charge in [-0.15, -0.1) is 0 Å². The Balaban J connectivity index is 2.06. The van der Waals surface area contributed by atoms with Crippen molar-refractivity contribution in [1.29, 1.82) is 0 Å². The van der Waals surface area contributed by atoms with E-state index in [4.69, 9.17) is 9.84 Å². The zero-order valence-corrected chi connectivity index (χ0v) is 12.5. The van der Waals surface area contributed by atoms with Crippen LogP contribution in [0.15, 0.2) is 18.2 Å². The van der Waals surface area contributed by atoms with Crippen LogP contribution in [-0.4, -0.2) is 29.8 Å². The first-order chi connectivity index (χ1) is 10.1. The first-order valence-electron chi connectivity index (χ1n) is 7.26. The third-order valence-corrected chi connectivity index (χ3v) is 3.34. The molecule has 4 nitrogen and oxygen atoms in total. The van der Waals surface area contributed by atoms with E-state index in [0.717, 1.165) is 29.7 Å². The number of nitrogens with one attached hydrogen (secondary N) is 1. The predicted molar refractivity (Wildman–Crippen MR) is 82.0 cm³/mol. The summed E-state index contributed by atoms with van der Waals surface area (Å²) in [6.45, 7) is 4.00. The first kappa shape index (κ1) is 15.6. The maximum absolute atomic E-state index is 12.1. The van der Waals surface area contributed by atoms with E-state index in [2.05, 4.69) is 17.2 Å². The number of benzene rings is 1. The van der Waals surface area contributed by atoms with Crippen molar-refractivity contribution in [3.63, 3.8) is 0 Å². The third-order valence-electron chi connectivity index (χ3n) is 3.34. The van der Waals surface area contributed by atoms with Crippen LogP contribution >= 0.6 is 0 Å². The van der Waals surface area contributed by atoms with Crippen LogP contribution in [0.1, 0.15) is 37.3 Å². The summed E-state index contributed by atoms with van der Waals surface area (Å²) in [5.74, 6) is 5.77. The smallest absolute Gasteiger partial charge is 0.253 e. The molecule has 2 unspecified atom stereocenters. The first-order valence-corrected chi connectivity index (χ1v) is 7.26. The molecular formula is C17H21NO3. The summed E-state index contributed by atoms with van der Waals surface area (Å²) < 4.78 is 5.57. The number of rotatable bonds is 3. The number of amides is 1. The van der Waals surface area contributed by atoms with Gasteiger partial charge in [0.15, 0.2) is 0 Å². The molecular weight excluding hydrogens is 266 g/mol. The zero-order chi connectivity index (χ0) is 15.2. The number of aryl methyl sites for hydroxylation is 1. The van der Waals surface area contributed by atoms with Gasteiger partial charge in [-0.3, -0.25) is 4.79 Å². The summed E-state index contributed by atoms with van der Waals surface area (Å²) >= 11 is 0. The average molecular weight is 287 g/mol. The van der Waals surface area contributed by atoms with Crippen molar-refractivity contribution in [1.82, 2.24) is 0 Å². The number of aliphatic hydroxyl groups excluding tert-OH is 1. The SMILES string of the molecule is Cc1cc(C#CCCO)cc(NC(=O)C2CCC(C)O2)c1. The monoisotopic (exact) mass is 287 g/mol. The van der Waals surface area contributed by atoms with Gasteiger partial charge < -0.3 is 15.2 Å². The van der Waals surface area contributed by atoms with Crippen LogP contribution in [0.2, 0.25) is 0 Å². The number of ether oxygens (including phenoxy) is 1. The van der Waals surface area contributed by atoms with Gasteiger partial charge in [-0.2, -0.15) is 0 Å². The number of hydrogen-bond donors (Lipinski definition) is 2. The molecule has 2 atom stereocenters. The minimum absolute atomic E-state index is 0.0552. The highest BCUT2D eigenvalue weighted by atomic mass is 16.5. The van der Waals surface area contributed by atoms with Crippen molar-refractivity contribution in [2.45, 2.75) is 45.3 Å². The van der Waals surface area contributed by atoms with Crippen LogP contribution in [0.5, 0.6) is 0 Å². The highest BCUT2D eigenvalue weighted by Gasteiger charge is 2.28. The van der Waals surface area contributed by atoms with Gasteiger partial charge in [-0.05, 0) is 50.5 Å². The normalized spacial score (nSPS) is 20.7. The van der Waals surface area contributed by atoms with E-state index in [9.17, 15) is 4.79 Å². The predicted octanol–water partition coefficient (Wildman–Crippen LogP) is 2.23. The molecule has 112 valence electrons. The Kier molecular flexibility index (Phi) is 5.38. The average Bonchev–Trinajstić information content (AvgIpc) is 2.85. The standard InChI is InChI=1S/C17H21NO3/c1-12-9-14(5-3-4-8-19)11-15(10-12)18-17(20)16-7-6-13(2)21-16/h9-11,13,16,19H,4,6-8H2,1-2H3,(H,18,20). The molecule has 1 heterocycles. The third kappa shape index (κ3) is 4.59. The van der Waals surface area contributed by atoms with Crippen molar-refractivity contribution in [3.8, 4) is 11.8 Å². The zero-order valence-electron chi connectivity index (χ0n) is 12.5. The fourth-order valence-corrected chi connectivity index (χ4v) is 2.37. The Labute approximate surface area is 125 Å². The Hall–Kier alpha value is -1.83. The Bertz CT molecular complexity index is 571. The van der Waals surface area contributed by atoms with Crippen LogP contribution in [0.25, 0.3) is 0 Å². The summed E-state index contributed by atoms with van der Waals surface area (Å²) in [5, 5.41) is 11.6. The number of aliphatic hydroxyl groups is 1. The summed E-state index contributed by atoms with van der Waals surface area (Å²) in [6.07, 6.45) is 1.93. The van der Waals surface area contributed by atoms with Crippen LogP contribution in [0, 0.1) is 18.8 Å². The van der Waals surface area contributed by atoms with E-state index < -0.39 is 0 Å². The molecule has 0 aliphatic carbocycles. The van der Waals surface area contributed by atoms with E-state index in [1.54, 1.807) is 0 Å². The van der Waals surface area contributed by atoms with Gasteiger partial charge in [0.05, 0.1) is 12.7 Å². The number of hydrogen-bond acceptors (Lipinski definition) is 3. The van der Waals surface area contributed by atoms with Crippen molar-refractivity contribution >= 4 is 11.6 Å².